The molecule has 0 saturated heterocycles. The van der Waals surface area contributed by atoms with Gasteiger partial charge in [-0.3, -0.25) is 0 Å². The fourth-order valence-electron chi connectivity index (χ4n) is 1.70. The summed E-state index contributed by atoms with van der Waals surface area (Å²) < 4.78 is 124. The minimum absolute atomic E-state index is 0.134. The summed E-state index contributed by atoms with van der Waals surface area (Å²) in [4.78, 5) is 0. The van der Waals surface area contributed by atoms with Gasteiger partial charge in [0.15, 0.2) is 0 Å². The summed E-state index contributed by atoms with van der Waals surface area (Å²) in [5, 5.41) is 0. The SMILES string of the molecule is FC(F)(F)C[O][Sn]([CH2]c1ccccc1)([O]CC(F)(F)F)[O]CC(F)(F)F. The van der Waals surface area contributed by atoms with Crippen molar-refractivity contribution in [3.8, 4) is 0 Å². The Morgan fingerprint density at radius 1 is 0.615 bits per heavy atom. The van der Waals surface area contributed by atoms with Crippen LogP contribution in [0.4, 0.5) is 39.5 Å². The summed E-state index contributed by atoms with van der Waals surface area (Å²) in [5.74, 6) is 0. The first-order chi connectivity index (χ1) is 11.7. The Hall–Kier alpha value is -0.731. The van der Waals surface area contributed by atoms with Crippen LogP contribution in [-0.4, -0.2) is 58.0 Å². The molecule has 0 unspecified atom stereocenters. The second-order valence-electron chi connectivity index (χ2n) is 5.06. The van der Waals surface area contributed by atoms with Gasteiger partial charge in [0.2, 0.25) is 0 Å². The zero-order valence-corrected chi connectivity index (χ0v) is 15.7. The fourth-order valence-corrected chi connectivity index (χ4v) is 8.67. The topological polar surface area (TPSA) is 27.7 Å². The fraction of sp³-hybridized carbons (Fsp3) is 0.538. The van der Waals surface area contributed by atoms with Gasteiger partial charge in [-0.15, -0.1) is 0 Å². The Morgan fingerprint density at radius 3 is 1.27 bits per heavy atom. The van der Waals surface area contributed by atoms with Crippen LogP contribution >= 0.6 is 0 Å². The third-order valence-corrected chi connectivity index (χ3v) is 10.0. The van der Waals surface area contributed by atoms with Crippen molar-refractivity contribution in [3.63, 3.8) is 0 Å². The van der Waals surface area contributed by atoms with E-state index < -0.39 is 62.4 Å². The molecule has 0 heterocycles. The molecule has 0 amide bonds. The first-order valence-electron chi connectivity index (χ1n) is 6.86. The van der Waals surface area contributed by atoms with Crippen LogP contribution in [0.3, 0.4) is 0 Å². The summed E-state index contributed by atoms with van der Waals surface area (Å²) in [6.45, 7) is -6.23. The van der Waals surface area contributed by atoms with Gasteiger partial charge in [0.1, 0.15) is 0 Å². The summed E-state index contributed by atoms with van der Waals surface area (Å²) >= 11 is -5.94. The zero-order chi connectivity index (χ0) is 20.1. The van der Waals surface area contributed by atoms with Gasteiger partial charge in [0.25, 0.3) is 0 Å². The molecule has 150 valence electrons. The van der Waals surface area contributed by atoms with Crippen molar-refractivity contribution in [1.29, 1.82) is 0 Å². The molecule has 0 aliphatic carbocycles. The van der Waals surface area contributed by atoms with Crippen molar-refractivity contribution in [2.75, 3.05) is 19.8 Å². The number of hydrogen-bond acceptors (Lipinski definition) is 3. The van der Waals surface area contributed by atoms with Crippen LogP contribution in [0.15, 0.2) is 30.3 Å². The average Bonchev–Trinajstić information content (AvgIpc) is 2.47. The molecule has 13 heteroatoms. The molecule has 0 N–H and O–H groups in total. The maximum atomic E-state index is 12.4. The number of halogens is 9. The van der Waals surface area contributed by atoms with Gasteiger partial charge in [-0.25, -0.2) is 0 Å². The van der Waals surface area contributed by atoms with Gasteiger partial charge in [-0.05, 0) is 0 Å². The van der Waals surface area contributed by atoms with E-state index >= 15 is 0 Å². The van der Waals surface area contributed by atoms with Crippen LogP contribution in [0.2, 0.25) is 0 Å². The third kappa shape index (κ3) is 10.4. The predicted octanol–water partition coefficient (Wildman–Crippen LogP) is 4.44. The Morgan fingerprint density at radius 2 is 0.962 bits per heavy atom. The van der Waals surface area contributed by atoms with Gasteiger partial charge in [-0.1, -0.05) is 0 Å². The Labute approximate surface area is 147 Å². The number of alkyl halides is 9. The second kappa shape index (κ2) is 8.97. The number of benzene rings is 1. The molecule has 0 fully saturated rings. The normalized spacial score (nSPS) is 13.9. The van der Waals surface area contributed by atoms with E-state index in [1.807, 2.05) is 0 Å². The van der Waals surface area contributed by atoms with Gasteiger partial charge in [0, 0.05) is 0 Å². The van der Waals surface area contributed by atoms with Crippen LogP contribution in [0.25, 0.3) is 0 Å². The molecule has 0 bridgehead atoms. The maximum absolute atomic E-state index is 12.4. The monoisotopic (exact) mass is 508 g/mol. The van der Waals surface area contributed by atoms with Crippen molar-refractivity contribution in [1.82, 2.24) is 0 Å². The number of rotatable bonds is 8. The molecule has 0 aromatic heterocycles. The molecule has 1 rings (SSSR count). The molecule has 1 aromatic carbocycles. The van der Waals surface area contributed by atoms with E-state index in [2.05, 4.69) is 9.22 Å². The molecular weight excluding hydrogens is 494 g/mol. The Kier molecular flexibility index (Phi) is 8.04. The van der Waals surface area contributed by atoms with Crippen LogP contribution in [-0.2, 0) is 13.7 Å². The molecule has 0 saturated carbocycles. The van der Waals surface area contributed by atoms with Crippen LogP contribution in [0.5, 0.6) is 0 Å². The molecule has 0 atom stereocenters. The quantitative estimate of drug-likeness (QED) is 0.385. The molecule has 3 nitrogen and oxygen atoms in total. The van der Waals surface area contributed by atoms with Crippen molar-refractivity contribution in [3.05, 3.63) is 35.9 Å². The van der Waals surface area contributed by atoms with Crippen molar-refractivity contribution in [2.45, 2.75) is 23.0 Å². The second-order valence-corrected chi connectivity index (χ2v) is 12.4. The van der Waals surface area contributed by atoms with E-state index in [0.717, 1.165) is 0 Å². The van der Waals surface area contributed by atoms with E-state index in [4.69, 9.17) is 0 Å². The van der Waals surface area contributed by atoms with Gasteiger partial charge in [0.05, 0.1) is 0 Å². The first kappa shape index (κ1) is 23.3. The summed E-state index contributed by atoms with van der Waals surface area (Å²) in [7, 11) is 0. The van der Waals surface area contributed by atoms with Crippen LogP contribution in [0.1, 0.15) is 5.56 Å². The van der Waals surface area contributed by atoms with Crippen LogP contribution in [0, 0.1) is 0 Å². The van der Waals surface area contributed by atoms with E-state index in [1.54, 1.807) is 0 Å². The van der Waals surface area contributed by atoms with E-state index in [-0.39, 0.29) is 5.56 Å². The van der Waals surface area contributed by atoms with E-state index in [9.17, 15) is 39.5 Å². The summed E-state index contributed by atoms with van der Waals surface area (Å²) in [6, 6.07) is 6.92. The predicted molar refractivity (Wildman–Crippen MR) is 71.9 cm³/mol. The van der Waals surface area contributed by atoms with Crippen molar-refractivity contribution >= 4 is 19.6 Å². The molecule has 26 heavy (non-hydrogen) atoms. The van der Waals surface area contributed by atoms with Crippen LogP contribution < -0.4 is 0 Å². The molecule has 0 radical (unpaired) electrons. The molecule has 0 aliphatic heterocycles. The first-order valence-corrected chi connectivity index (χ1v) is 12.4. The summed E-state index contributed by atoms with van der Waals surface area (Å²) in [5.41, 5.74) is 0.134. The molecular formula is C13H13F9O3Sn. The van der Waals surface area contributed by atoms with Crippen molar-refractivity contribution < 1.29 is 48.7 Å². The Bertz CT molecular complexity index is 497. The third-order valence-electron chi connectivity index (χ3n) is 2.63. The van der Waals surface area contributed by atoms with Gasteiger partial charge >= 0.3 is 147 Å². The minimum atomic E-state index is -5.94. The van der Waals surface area contributed by atoms with E-state index in [1.165, 1.54) is 30.3 Å². The average molecular weight is 507 g/mol. The molecule has 0 aliphatic rings. The molecule has 1 aromatic rings. The Balaban J connectivity index is 3.10. The number of hydrogen-bond donors (Lipinski definition) is 0. The van der Waals surface area contributed by atoms with Gasteiger partial charge in [-0.2, -0.15) is 0 Å². The standard InChI is InChI=1S/C7H7.3C2H2F3O.Sn/c1-7-5-3-2-4-6-7;3*3-2(4,5)1-6;/h2-6H,1H2;3*1H2;/q;3*-1;+3. The van der Waals surface area contributed by atoms with Crippen molar-refractivity contribution in [2.24, 2.45) is 0 Å². The zero-order valence-electron chi connectivity index (χ0n) is 12.8. The van der Waals surface area contributed by atoms with Gasteiger partial charge < -0.3 is 0 Å². The van der Waals surface area contributed by atoms with E-state index in [0.29, 0.717) is 0 Å². The summed E-state index contributed by atoms with van der Waals surface area (Å²) in [6.07, 6.45) is -15.0. The molecule has 0 spiro atoms.